The van der Waals surface area contributed by atoms with Crippen LogP contribution in [0.3, 0.4) is 0 Å². The predicted molar refractivity (Wildman–Crippen MR) is 79.8 cm³/mol. The van der Waals surface area contributed by atoms with Gasteiger partial charge in [0, 0.05) is 5.69 Å². The lowest BCUT2D eigenvalue weighted by Crippen LogP contribution is -2.01. The Bertz CT molecular complexity index is 734. The van der Waals surface area contributed by atoms with Crippen LogP contribution in [-0.4, -0.2) is 16.0 Å². The molecule has 0 heterocycles. The van der Waals surface area contributed by atoms with Gasteiger partial charge in [0.05, 0.1) is 15.5 Å². The lowest BCUT2D eigenvalue weighted by atomic mass is 10.2. The second-order valence-corrected chi connectivity index (χ2v) is 4.83. The minimum atomic E-state index is -1.19. The van der Waals surface area contributed by atoms with Crippen LogP contribution in [0.1, 0.15) is 10.4 Å². The number of benzene rings is 2. The highest BCUT2D eigenvalue weighted by Gasteiger charge is 2.19. The fraction of sp³-hybridized carbons (Fsp3) is 0. The molecule has 0 spiro atoms. The number of nitro benzene ring substituents is 1. The van der Waals surface area contributed by atoms with Crippen molar-refractivity contribution in [3.63, 3.8) is 0 Å². The summed E-state index contributed by atoms with van der Waals surface area (Å²) in [6.45, 7) is 0. The van der Waals surface area contributed by atoms with Crippen LogP contribution in [0.2, 0.25) is 10.0 Å². The summed E-state index contributed by atoms with van der Waals surface area (Å²) >= 11 is 11.6. The van der Waals surface area contributed by atoms with Gasteiger partial charge in [-0.2, -0.15) is 0 Å². The number of carboxylic acid groups (broad SMARTS) is 1. The summed E-state index contributed by atoms with van der Waals surface area (Å²) in [6, 6.07) is 8.61. The first-order valence-electron chi connectivity index (χ1n) is 5.63. The zero-order valence-electron chi connectivity index (χ0n) is 10.3. The molecule has 0 aliphatic heterocycles. The molecule has 0 saturated heterocycles. The van der Waals surface area contributed by atoms with Crippen molar-refractivity contribution in [3.8, 4) is 0 Å². The summed E-state index contributed by atoms with van der Waals surface area (Å²) < 4.78 is 0. The summed E-state index contributed by atoms with van der Waals surface area (Å²) in [5.74, 6) is -1.19. The molecule has 0 saturated carbocycles. The van der Waals surface area contributed by atoms with Crippen molar-refractivity contribution in [1.29, 1.82) is 0 Å². The summed E-state index contributed by atoms with van der Waals surface area (Å²) in [7, 11) is 0. The summed E-state index contributed by atoms with van der Waals surface area (Å²) in [5, 5.41) is 22.9. The number of carboxylic acids is 1. The van der Waals surface area contributed by atoms with E-state index in [0.717, 1.165) is 0 Å². The lowest BCUT2D eigenvalue weighted by molar-refractivity contribution is -0.383. The first-order chi connectivity index (χ1) is 9.90. The van der Waals surface area contributed by atoms with Crippen LogP contribution in [0.5, 0.6) is 0 Å². The third-order valence-corrected chi connectivity index (χ3v) is 3.28. The van der Waals surface area contributed by atoms with E-state index in [1.807, 2.05) is 0 Å². The molecule has 2 rings (SSSR count). The van der Waals surface area contributed by atoms with Gasteiger partial charge in [-0.25, -0.2) is 4.79 Å². The number of nitrogens with zero attached hydrogens (tertiary/aromatic N) is 1. The number of para-hydroxylation sites is 1. The Labute approximate surface area is 129 Å². The predicted octanol–water partition coefficient (Wildman–Crippen LogP) is 4.34. The Balaban J connectivity index is 2.44. The molecule has 0 atom stereocenters. The number of nitro groups is 1. The molecule has 0 amide bonds. The monoisotopic (exact) mass is 326 g/mol. The number of rotatable bonds is 4. The molecule has 0 bridgehead atoms. The molecular weight excluding hydrogens is 319 g/mol. The average molecular weight is 327 g/mol. The topological polar surface area (TPSA) is 92.5 Å². The van der Waals surface area contributed by atoms with Crippen molar-refractivity contribution in [2.75, 3.05) is 5.32 Å². The van der Waals surface area contributed by atoms with Crippen LogP contribution in [0.25, 0.3) is 0 Å². The first kappa shape index (κ1) is 15.1. The maximum atomic E-state index is 11.0. The van der Waals surface area contributed by atoms with Crippen LogP contribution in [0.15, 0.2) is 36.4 Å². The highest BCUT2D eigenvalue weighted by Crippen LogP contribution is 2.34. The smallest absolute Gasteiger partial charge is 0.337 e. The summed E-state index contributed by atoms with van der Waals surface area (Å²) in [4.78, 5) is 21.4. The van der Waals surface area contributed by atoms with Gasteiger partial charge in [0.2, 0.25) is 0 Å². The molecule has 0 fully saturated rings. The van der Waals surface area contributed by atoms with E-state index in [0.29, 0.717) is 5.69 Å². The minimum Gasteiger partial charge on any atom is -0.478 e. The quantitative estimate of drug-likeness (QED) is 0.643. The Morgan fingerprint density at radius 2 is 1.90 bits per heavy atom. The molecule has 108 valence electrons. The zero-order valence-corrected chi connectivity index (χ0v) is 11.9. The number of carbonyl (C=O) groups is 1. The fourth-order valence-electron chi connectivity index (χ4n) is 1.72. The van der Waals surface area contributed by atoms with Crippen LogP contribution >= 0.6 is 23.2 Å². The Hall–Kier alpha value is -2.31. The van der Waals surface area contributed by atoms with Crippen molar-refractivity contribution in [3.05, 3.63) is 62.1 Å². The molecule has 0 radical (unpaired) electrons. The van der Waals surface area contributed by atoms with Gasteiger partial charge in [-0.15, -0.1) is 0 Å². The van der Waals surface area contributed by atoms with Gasteiger partial charge in [0.25, 0.3) is 0 Å². The summed E-state index contributed by atoms with van der Waals surface area (Å²) in [6.07, 6.45) is 0. The van der Waals surface area contributed by atoms with E-state index < -0.39 is 10.9 Å². The van der Waals surface area contributed by atoms with Gasteiger partial charge >= 0.3 is 11.7 Å². The second-order valence-electron chi connectivity index (χ2n) is 4.02. The Morgan fingerprint density at radius 3 is 2.52 bits per heavy atom. The fourth-order valence-corrected chi connectivity index (χ4v) is 2.17. The zero-order chi connectivity index (χ0) is 15.6. The van der Waals surface area contributed by atoms with E-state index >= 15 is 0 Å². The molecule has 0 unspecified atom stereocenters. The second kappa shape index (κ2) is 5.99. The number of hydrogen-bond acceptors (Lipinski definition) is 4. The standard InChI is InChI=1S/C13H8Cl2N2O4/c14-9-5-4-7(6-8(9)13(18)19)16-11-3-1-2-10(15)12(11)17(20)21/h1-6,16H,(H,18,19). The van der Waals surface area contributed by atoms with Crippen LogP contribution in [0.4, 0.5) is 17.1 Å². The van der Waals surface area contributed by atoms with E-state index in [-0.39, 0.29) is 27.0 Å². The van der Waals surface area contributed by atoms with E-state index in [1.54, 1.807) is 6.07 Å². The van der Waals surface area contributed by atoms with Gasteiger partial charge in [0.15, 0.2) is 0 Å². The van der Waals surface area contributed by atoms with Crippen LogP contribution in [0, 0.1) is 10.1 Å². The molecule has 0 aromatic heterocycles. The number of hydrogen-bond donors (Lipinski definition) is 2. The molecule has 2 aromatic carbocycles. The third kappa shape index (κ3) is 3.24. The van der Waals surface area contributed by atoms with Gasteiger partial charge in [-0.1, -0.05) is 29.3 Å². The van der Waals surface area contributed by atoms with Crippen molar-refractivity contribution in [2.24, 2.45) is 0 Å². The maximum Gasteiger partial charge on any atom is 0.337 e. The normalized spacial score (nSPS) is 10.2. The first-order valence-corrected chi connectivity index (χ1v) is 6.38. The Kier molecular flexibility index (Phi) is 4.30. The van der Waals surface area contributed by atoms with Crippen molar-refractivity contribution in [2.45, 2.75) is 0 Å². The van der Waals surface area contributed by atoms with Crippen molar-refractivity contribution in [1.82, 2.24) is 0 Å². The number of halogens is 2. The maximum absolute atomic E-state index is 11.0. The van der Waals surface area contributed by atoms with E-state index in [1.165, 1.54) is 30.3 Å². The van der Waals surface area contributed by atoms with Crippen molar-refractivity contribution >= 4 is 46.2 Å². The largest absolute Gasteiger partial charge is 0.478 e. The van der Waals surface area contributed by atoms with E-state index in [4.69, 9.17) is 28.3 Å². The molecule has 0 aliphatic carbocycles. The van der Waals surface area contributed by atoms with Crippen molar-refractivity contribution < 1.29 is 14.8 Å². The molecule has 21 heavy (non-hydrogen) atoms. The van der Waals surface area contributed by atoms with Gasteiger partial charge in [-0.3, -0.25) is 10.1 Å². The minimum absolute atomic E-state index is 0.0163. The van der Waals surface area contributed by atoms with E-state index in [9.17, 15) is 14.9 Å². The van der Waals surface area contributed by atoms with Gasteiger partial charge in [-0.05, 0) is 30.3 Å². The van der Waals surface area contributed by atoms with Crippen LogP contribution < -0.4 is 5.32 Å². The molecule has 2 N–H and O–H groups in total. The molecular formula is C13H8Cl2N2O4. The lowest BCUT2D eigenvalue weighted by Gasteiger charge is -2.09. The van der Waals surface area contributed by atoms with Crippen LogP contribution in [-0.2, 0) is 0 Å². The van der Waals surface area contributed by atoms with E-state index in [2.05, 4.69) is 5.32 Å². The van der Waals surface area contributed by atoms with Gasteiger partial charge in [0.1, 0.15) is 10.7 Å². The number of aromatic carboxylic acids is 1. The third-order valence-electron chi connectivity index (χ3n) is 2.65. The summed E-state index contributed by atoms with van der Waals surface area (Å²) in [5.41, 5.74) is 0.116. The molecule has 2 aromatic rings. The molecule has 6 nitrogen and oxygen atoms in total. The average Bonchev–Trinajstić information content (AvgIpc) is 2.40. The number of anilines is 2. The molecule has 0 aliphatic rings. The molecule has 8 heteroatoms. The highest BCUT2D eigenvalue weighted by atomic mass is 35.5. The highest BCUT2D eigenvalue weighted by molar-refractivity contribution is 6.34. The SMILES string of the molecule is O=C(O)c1cc(Nc2cccc(Cl)c2[N+](=O)[O-])ccc1Cl. The number of nitrogens with one attached hydrogen (secondary N) is 1. The Morgan fingerprint density at radius 1 is 1.19 bits per heavy atom. The van der Waals surface area contributed by atoms with Gasteiger partial charge < -0.3 is 10.4 Å².